The molecule has 26 heavy (non-hydrogen) atoms. The smallest absolute Gasteiger partial charge is 0.206 e. The van der Waals surface area contributed by atoms with Gasteiger partial charge in [-0.15, -0.1) is 10.2 Å². The first-order valence-electron chi connectivity index (χ1n) is 8.26. The summed E-state index contributed by atoms with van der Waals surface area (Å²) >= 11 is 0. The fourth-order valence-corrected chi connectivity index (χ4v) is 2.68. The van der Waals surface area contributed by atoms with Crippen LogP contribution in [0.25, 0.3) is 22.2 Å². The molecule has 4 rings (SSSR count). The molecule has 4 aromatic rings. The quantitative estimate of drug-likeness (QED) is 0.576. The van der Waals surface area contributed by atoms with Crippen molar-refractivity contribution in [3.8, 4) is 17.1 Å². The van der Waals surface area contributed by atoms with Gasteiger partial charge in [0, 0.05) is 23.3 Å². The maximum Gasteiger partial charge on any atom is 0.206 e. The van der Waals surface area contributed by atoms with Crippen LogP contribution < -0.4 is 4.74 Å². The highest BCUT2D eigenvalue weighted by molar-refractivity contribution is 5.88. The minimum Gasteiger partial charge on any atom is -0.490 e. The first-order chi connectivity index (χ1) is 12.8. The highest BCUT2D eigenvalue weighted by atomic mass is 16.5. The molecule has 1 atom stereocenters. The van der Waals surface area contributed by atoms with Gasteiger partial charge in [-0.05, 0) is 28.8 Å². The summed E-state index contributed by atoms with van der Waals surface area (Å²) in [7, 11) is 0. The zero-order chi connectivity index (χ0) is 17.8. The lowest BCUT2D eigenvalue weighted by atomic mass is 10.1. The van der Waals surface area contributed by atoms with Crippen molar-refractivity contribution in [3.05, 3.63) is 67.0 Å². The zero-order valence-electron chi connectivity index (χ0n) is 13.9. The molecule has 0 aliphatic carbocycles. The van der Waals surface area contributed by atoms with Crippen molar-refractivity contribution < 1.29 is 9.84 Å². The fraction of sp³-hybridized carbons (Fsp3) is 0.158. The summed E-state index contributed by atoms with van der Waals surface area (Å²) in [5.74, 6) is 1.21. The second-order valence-electron chi connectivity index (χ2n) is 5.85. The number of hydrogen-bond acceptors (Lipinski definition) is 6. The molecule has 0 aliphatic heterocycles. The van der Waals surface area contributed by atoms with Gasteiger partial charge in [0.1, 0.15) is 18.5 Å². The Labute approximate surface area is 149 Å². The lowest BCUT2D eigenvalue weighted by Crippen LogP contribution is -2.25. The summed E-state index contributed by atoms with van der Waals surface area (Å²) in [4.78, 5) is 5.39. The summed E-state index contributed by atoms with van der Waals surface area (Å²) in [6.45, 7) is 0.329. The first kappa shape index (κ1) is 16.2. The molecule has 7 heteroatoms. The monoisotopic (exact) mass is 347 g/mol. The summed E-state index contributed by atoms with van der Waals surface area (Å²) in [5, 5.41) is 24.6. The van der Waals surface area contributed by atoms with Crippen LogP contribution in [-0.4, -0.2) is 43.0 Å². The predicted octanol–water partition coefficient (Wildman–Crippen LogP) is 2.33. The minimum absolute atomic E-state index is 0.137. The number of benzene rings is 2. The molecule has 0 radical (unpaired) electrons. The number of aliphatic hydroxyl groups is 1. The van der Waals surface area contributed by atoms with E-state index in [1.54, 1.807) is 12.4 Å². The van der Waals surface area contributed by atoms with Crippen molar-refractivity contribution in [2.75, 3.05) is 6.61 Å². The van der Waals surface area contributed by atoms with Crippen LogP contribution in [0.4, 0.5) is 0 Å². The van der Waals surface area contributed by atoms with E-state index in [0.717, 1.165) is 22.1 Å². The number of nitrogens with zero attached hydrogens (tertiary/aromatic N) is 5. The summed E-state index contributed by atoms with van der Waals surface area (Å²) in [5.41, 5.74) is 0.778. The zero-order valence-corrected chi connectivity index (χ0v) is 13.9. The third-order valence-electron chi connectivity index (χ3n) is 3.93. The number of fused-ring (bicyclic) bond motifs is 1. The number of aliphatic hydroxyl groups excluding tert-OH is 1. The van der Waals surface area contributed by atoms with Gasteiger partial charge in [-0.25, -0.2) is 0 Å². The third kappa shape index (κ3) is 3.52. The maximum atomic E-state index is 10.2. The number of hydrogen-bond donors (Lipinski definition) is 1. The van der Waals surface area contributed by atoms with Crippen LogP contribution in [0.2, 0.25) is 0 Å². The lowest BCUT2D eigenvalue weighted by molar-refractivity contribution is 0.0857. The highest BCUT2D eigenvalue weighted by Gasteiger charge is 2.12. The largest absolute Gasteiger partial charge is 0.490 e. The molecule has 2 aromatic heterocycles. The Morgan fingerprint density at radius 1 is 1.04 bits per heavy atom. The average molecular weight is 347 g/mol. The molecule has 7 nitrogen and oxygen atoms in total. The molecule has 0 amide bonds. The SMILES string of the molecule is OC(COc1cccc2ccccc12)Cn1nnc(-c2cccnc2)n1. The van der Waals surface area contributed by atoms with Crippen molar-refractivity contribution in [1.82, 2.24) is 25.2 Å². The molecule has 0 bridgehead atoms. The molecular weight excluding hydrogens is 330 g/mol. The number of tetrazole rings is 1. The Hall–Kier alpha value is -3.32. The Balaban J connectivity index is 1.40. The van der Waals surface area contributed by atoms with Crippen LogP contribution in [-0.2, 0) is 6.54 Å². The first-order valence-corrected chi connectivity index (χ1v) is 8.26. The number of ether oxygens (including phenoxy) is 1. The van der Waals surface area contributed by atoms with Gasteiger partial charge in [0.25, 0.3) is 0 Å². The van der Waals surface area contributed by atoms with Gasteiger partial charge in [-0.1, -0.05) is 36.4 Å². The van der Waals surface area contributed by atoms with Gasteiger partial charge in [0.05, 0.1) is 6.54 Å². The Morgan fingerprint density at radius 3 is 2.81 bits per heavy atom. The van der Waals surface area contributed by atoms with E-state index in [2.05, 4.69) is 20.4 Å². The molecule has 0 saturated carbocycles. The second-order valence-corrected chi connectivity index (χ2v) is 5.85. The van der Waals surface area contributed by atoms with E-state index in [1.165, 1.54) is 4.80 Å². The molecule has 0 aliphatic rings. The highest BCUT2D eigenvalue weighted by Crippen LogP contribution is 2.25. The topological polar surface area (TPSA) is 86.0 Å². The van der Waals surface area contributed by atoms with E-state index in [1.807, 2.05) is 54.6 Å². The fourth-order valence-electron chi connectivity index (χ4n) is 2.68. The van der Waals surface area contributed by atoms with Gasteiger partial charge in [0.15, 0.2) is 0 Å². The standard InChI is InChI=1S/C19H17N5O2/c25-16(12-24-22-19(21-23-24)15-7-4-10-20-11-15)13-26-18-9-3-6-14-5-1-2-8-17(14)18/h1-11,16,25H,12-13H2. The number of rotatable bonds is 6. The van der Waals surface area contributed by atoms with Crippen molar-refractivity contribution in [3.63, 3.8) is 0 Å². The molecule has 1 unspecified atom stereocenters. The van der Waals surface area contributed by atoms with Crippen LogP contribution in [0.15, 0.2) is 67.0 Å². The molecule has 130 valence electrons. The summed E-state index contributed by atoms with van der Waals surface area (Å²) in [6.07, 6.45) is 2.59. The predicted molar refractivity (Wildman–Crippen MR) is 96.5 cm³/mol. The van der Waals surface area contributed by atoms with E-state index in [9.17, 15) is 5.11 Å². The minimum atomic E-state index is -0.759. The Morgan fingerprint density at radius 2 is 1.92 bits per heavy atom. The Kier molecular flexibility index (Phi) is 4.53. The van der Waals surface area contributed by atoms with Crippen LogP contribution >= 0.6 is 0 Å². The third-order valence-corrected chi connectivity index (χ3v) is 3.93. The van der Waals surface area contributed by atoms with Crippen LogP contribution in [0.3, 0.4) is 0 Å². The summed E-state index contributed by atoms with van der Waals surface area (Å²) in [6, 6.07) is 17.5. The van der Waals surface area contributed by atoms with Crippen molar-refractivity contribution in [1.29, 1.82) is 0 Å². The van der Waals surface area contributed by atoms with Crippen LogP contribution in [0, 0.1) is 0 Å². The van der Waals surface area contributed by atoms with E-state index in [4.69, 9.17) is 4.74 Å². The van der Waals surface area contributed by atoms with E-state index < -0.39 is 6.10 Å². The molecule has 0 fully saturated rings. The van der Waals surface area contributed by atoms with Gasteiger partial charge in [-0.3, -0.25) is 4.98 Å². The molecule has 2 aromatic carbocycles. The van der Waals surface area contributed by atoms with Crippen LogP contribution in [0.1, 0.15) is 0 Å². The van der Waals surface area contributed by atoms with E-state index >= 15 is 0 Å². The van der Waals surface area contributed by atoms with Crippen LogP contribution in [0.5, 0.6) is 5.75 Å². The number of aromatic nitrogens is 5. The van der Waals surface area contributed by atoms with E-state index in [0.29, 0.717) is 5.82 Å². The molecule has 1 N–H and O–H groups in total. The average Bonchev–Trinajstić information content (AvgIpc) is 3.15. The molecule has 0 spiro atoms. The van der Waals surface area contributed by atoms with Gasteiger partial charge in [-0.2, -0.15) is 4.80 Å². The Bertz CT molecular complexity index is 998. The molecular formula is C19H17N5O2. The van der Waals surface area contributed by atoms with Gasteiger partial charge >= 0.3 is 0 Å². The molecule has 0 saturated heterocycles. The lowest BCUT2D eigenvalue weighted by Gasteiger charge is -2.13. The van der Waals surface area contributed by atoms with Crippen molar-refractivity contribution in [2.45, 2.75) is 12.6 Å². The molecule has 2 heterocycles. The summed E-state index contributed by atoms with van der Waals surface area (Å²) < 4.78 is 5.80. The second kappa shape index (κ2) is 7.28. The van der Waals surface area contributed by atoms with Crippen molar-refractivity contribution in [2.24, 2.45) is 0 Å². The normalized spacial score (nSPS) is 12.2. The van der Waals surface area contributed by atoms with Gasteiger partial charge < -0.3 is 9.84 Å². The van der Waals surface area contributed by atoms with E-state index in [-0.39, 0.29) is 13.2 Å². The van der Waals surface area contributed by atoms with Crippen molar-refractivity contribution >= 4 is 10.8 Å². The maximum absolute atomic E-state index is 10.2. The van der Waals surface area contributed by atoms with Gasteiger partial charge in [0.2, 0.25) is 5.82 Å². The number of pyridine rings is 1.